The Kier molecular flexibility index (Phi) is 5.26. The number of ether oxygens (including phenoxy) is 3. The topological polar surface area (TPSA) is 27.7 Å². The second-order valence-corrected chi connectivity index (χ2v) is 5.80. The molecule has 3 nitrogen and oxygen atoms in total. The van der Waals surface area contributed by atoms with Crippen LogP contribution in [0, 0.1) is 11.3 Å². The van der Waals surface area contributed by atoms with Gasteiger partial charge in [-0.05, 0) is 43.4 Å². The fraction of sp³-hybridized carbons (Fsp3) is 1.00. The number of hydrogen-bond donors (Lipinski definition) is 0. The molecule has 100 valence electrons. The van der Waals surface area contributed by atoms with Crippen molar-refractivity contribution in [1.82, 2.24) is 0 Å². The Labute approximate surface area is 105 Å². The van der Waals surface area contributed by atoms with Crippen LogP contribution in [0.4, 0.5) is 0 Å². The van der Waals surface area contributed by atoms with E-state index in [0.29, 0.717) is 5.41 Å². The summed E-state index contributed by atoms with van der Waals surface area (Å²) in [5.74, 6) is 0.728. The Morgan fingerprint density at radius 2 is 1.71 bits per heavy atom. The molecule has 0 N–H and O–H groups in total. The van der Waals surface area contributed by atoms with Crippen molar-refractivity contribution in [2.75, 3.05) is 39.6 Å². The van der Waals surface area contributed by atoms with Gasteiger partial charge in [0, 0.05) is 39.6 Å². The van der Waals surface area contributed by atoms with E-state index in [0.717, 1.165) is 45.6 Å². The van der Waals surface area contributed by atoms with E-state index >= 15 is 0 Å². The monoisotopic (exact) mass is 242 g/mol. The predicted molar refractivity (Wildman–Crippen MR) is 67.1 cm³/mol. The van der Waals surface area contributed by atoms with E-state index in [4.69, 9.17) is 14.2 Å². The summed E-state index contributed by atoms with van der Waals surface area (Å²) in [7, 11) is 0. The minimum absolute atomic E-state index is 0.452. The molecule has 2 aliphatic heterocycles. The van der Waals surface area contributed by atoms with Gasteiger partial charge in [-0.3, -0.25) is 0 Å². The van der Waals surface area contributed by atoms with Crippen LogP contribution in [0.3, 0.4) is 0 Å². The summed E-state index contributed by atoms with van der Waals surface area (Å²) < 4.78 is 16.6. The first-order valence-electron chi connectivity index (χ1n) is 7.02. The third kappa shape index (κ3) is 4.57. The van der Waals surface area contributed by atoms with Gasteiger partial charge in [0.2, 0.25) is 0 Å². The highest BCUT2D eigenvalue weighted by atomic mass is 16.5. The standard InChI is InChI=1S/C14H26O3/c1-14(4-9-16-10-5-14)6-11-17-12-13-2-7-15-8-3-13/h13H,2-12H2,1H3. The largest absolute Gasteiger partial charge is 0.381 e. The molecule has 0 amide bonds. The summed E-state index contributed by atoms with van der Waals surface area (Å²) in [5.41, 5.74) is 0.452. The van der Waals surface area contributed by atoms with Gasteiger partial charge < -0.3 is 14.2 Å². The second kappa shape index (κ2) is 6.72. The zero-order valence-electron chi connectivity index (χ0n) is 11.1. The lowest BCUT2D eigenvalue weighted by Gasteiger charge is -2.33. The molecule has 0 atom stereocenters. The zero-order chi connectivity index (χ0) is 12.0. The van der Waals surface area contributed by atoms with Crippen molar-refractivity contribution in [3.8, 4) is 0 Å². The Bertz CT molecular complexity index is 206. The SMILES string of the molecule is CC1(CCOCC2CCOCC2)CCOCC1. The van der Waals surface area contributed by atoms with Gasteiger partial charge in [0.15, 0.2) is 0 Å². The maximum atomic E-state index is 5.84. The molecule has 0 saturated carbocycles. The normalized spacial score (nSPS) is 25.9. The summed E-state index contributed by atoms with van der Waals surface area (Å²) >= 11 is 0. The molecule has 3 heteroatoms. The maximum absolute atomic E-state index is 5.84. The van der Waals surface area contributed by atoms with E-state index in [2.05, 4.69) is 6.92 Å². The Hall–Kier alpha value is -0.120. The number of rotatable bonds is 5. The van der Waals surface area contributed by atoms with Crippen LogP contribution in [0.15, 0.2) is 0 Å². The Morgan fingerprint density at radius 3 is 2.41 bits per heavy atom. The zero-order valence-corrected chi connectivity index (χ0v) is 11.1. The lowest BCUT2D eigenvalue weighted by Crippen LogP contribution is -2.28. The average Bonchev–Trinajstić information content (AvgIpc) is 2.37. The molecule has 0 radical (unpaired) electrons. The van der Waals surface area contributed by atoms with Gasteiger partial charge in [0.1, 0.15) is 0 Å². The molecule has 0 spiro atoms. The summed E-state index contributed by atoms with van der Waals surface area (Å²) in [5, 5.41) is 0. The summed E-state index contributed by atoms with van der Waals surface area (Å²) in [6, 6.07) is 0. The fourth-order valence-electron chi connectivity index (χ4n) is 2.60. The van der Waals surface area contributed by atoms with Crippen molar-refractivity contribution in [2.45, 2.75) is 39.0 Å². The molecular weight excluding hydrogens is 216 g/mol. The van der Waals surface area contributed by atoms with E-state index in [1.807, 2.05) is 0 Å². The van der Waals surface area contributed by atoms with Gasteiger partial charge in [-0.2, -0.15) is 0 Å². The van der Waals surface area contributed by atoms with E-state index in [1.54, 1.807) is 0 Å². The molecule has 17 heavy (non-hydrogen) atoms. The van der Waals surface area contributed by atoms with E-state index in [9.17, 15) is 0 Å². The van der Waals surface area contributed by atoms with Gasteiger partial charge in [-0.1, -0.05) is 6.92 Å². The minimum Gasteiger partial charge on any atom is -0.381 e. The molecule has 0 aromatic carbocycles. The van der Waals surface area contributed by atoms with Crippen molar-refractivity contribution >= 4 is 0 Å². The fourth-order valence-corrected chi connectivity index (χ4v) is 2.60. The smallest absolute Gasteiger partial charge is 0.0495 e. The highest BCUT2D eigenvalue weighted by Gasteiger charge is 2.26. The van der Waals surface area contributed by atoms with E-state index < -0.39 is 0 Å². The van der Waals surface area contributed by atoms with E-state index in [-0.39, 0.29) is 0 Å². The average molecular weight is 242 g/mol. The van der Waals surface area contributed by atoms with Crippen LogP contribution < -0.4 is 0 Å². The van der Waals surface area contributed by atoms with Crippen molar-refractivity contribution in [2.24, 2.45) is 11.3 Å². The van der Waals surface area contributed by atoms with Crippen LogP contribution in [0.25, 0.3) is 0 Å². The van der Waals surface area contributed by atoms with Crippen LogP contribution in [0.2, 0.25) is 0 Å². The van der Waals surface area contributed by atoms with Gasteiger partial charge in [-0.15, -0.1) is 0 Å². The van der Waals surface area contributed by atoms with Crippen molar-refractivity contribution in [1.29, 1.82) is 0 Å². The van der Waals surface area contributed by atoms with Gasteiger partial charge in [0.05, 0.1) is 0 Å². The highest BCUT2D eigenvalue weighted by molar-refractivity contribution is 4.77. The van der Waals surface area contributed by atoms with Crippen LogP contribution in [0.1, 0.15) is 39.0 Å². The van der Waals surface area contributed by atoms with Crippen LogP contribution in [0.5, 0.6) is 0 Å². The highest BCUT2D eigenvalue weighted by Crippen LogP contribution is 2.33. The molecule has 2 saturated heterocycles. The summed E-state index contributed by atoms with van der Waals surface area (Å²) in [4.78, 5) is 0. The predicted octanol–water partition coefficient (Wildman–Crippen LogP) is 2.64. The van der Waals surface area contributed by atoms with Crippen LogP contribution in [-0.2, 0) is 14.2 Å². The molecule has 2 heterocycles. The molecule has 0 unspecified atom stereocenters. The lowest BCUT2D eigenvalue weighted by molar-refractivity contribution is -0.0123. The Balaban J connectivity index is 1.55. The molecule has 2 rings (SSSR count). The molecular formula is C14H26O3. The third-order valence-electron chi connectivity index (χ3n) is 4.24. The maximum Gasteiger partial charge on any atom is 0.0495 e. The molecule has 2 aliphatic rings. The van der Waals surface area contributed by atoms with Gasteiger partial charge in [0.25, 0.3) is 0 Å². The molecule has 2 fully saturated rings. The van der Waals surface area contributed by atoms with Crippen LogP contribution >= 0.6 is 0 Å². The van der Waals surface area contributed by atoms with Crippen LogP contribution in [-0.4, -0.2) is 39.6 Å². The molecule has 0 bridgehead atoms. The second-order valence-electron chi connectivity index (χ2n) is 5.80. The lowest BCUT2D eigenvalue weighted by atomic mass is 9.80. The molecule has 0 aliphatic carbocycles. The van der Waals surface area contributed by atoms with Gasteiger partial charge in [-0.25, -0.2) is 0 Å². The Morgan fingerprint density at radius 1 is 1.06 bits per heavy atom. The van der Waals surface area contributed by atoms with Crippen molar-refractivity contribution in [3.63, 3.8) is 0 Å². The van der Waals surface area contributed by atoms with Gasteiger partial charge >= 0.3 is 0 Å². The quantitative estimate of drug-likeness (QED) is 0.694. The number of hydrogen-bond acceptors (Lipinski definition) is 3. The molecule has 0 aromatic rings. The first kappa shape index (κ1) is 13.3. The van der Waals surface area contributed by atoms with Crippen molar-refractivity contribution < 1.29 is 14.2 Å². The third-order valence-corrected chi connectivity index (χ3v) is 4.24. The molecule has 0 aromatic heterocycles. The first-order chi connectivity index (χ1) is 8.29. The minimum atomic E-state index is 0.452. The van der Waals surface area contributed by atoms with E-state index in [1.165, 1.54) is 32.1 Å². The summed E-state index contributed by atoms with van der Waals surface area (Å²) in [6.45, 7) is 7.90. The first-order valence-corrected chi connectivity index (χ1v) is 7.02. The summed E-state index contributed by atoms with van der Waals surface area (Å²) in [6.07, 6.45) is 5.90. The van der Waals surface area contributed by atoms with Crippen molar-refractivity contribution in [3.05, 3.63) is 0 Å².